The normalized spacial score (nSPS) is 16.5. The third kappa shape index (κ3) is 3.85. The van der Waals surface area contributed by atoms with Gasteiger partial charge in [-0.2, -0.15) is 14.5 Å². The van der Waals surface area contributed by atoms with E-state index in [1.807, 2.05) is 67.9 Å². The average molecular weight is 335 g/mol. The van der Waals surface area contributed by atoms with Crippen molar-refractivity contribution in [1.29, 1.82) is 0 Å². The zero-order valence-corrected chi connectivity index (χ0v) is 14.9. The Kier molecular flexibility index (Phi) is 5.30. The van der Waals surface area contributed by atoms with Crippen LogP contribution in [-0.2, 0) is 4.79 Å². The largest absolute Gasteiger partial charge is 0.274 e. The summed E-state index contributed by atoms with van der Waals surface area (Å²) >= 11 is 0. The first-order chi connectivity index (χ1) is 10.8. The SMILES string of the molecule is CC(=O)NNC1=NC(c2ccccc2)=NP(N(C)C)(N(C)C)=N1. The number of amides is 1. The molecule has 124 valence electrons. The van der Waals surface area contributed by atoms with Crippen molar-refractivity contribution in [2.45, 2.75) is 6.92 Å². The van der Waals surface area contributed by atoms with Gasteiger partial charge in [0.1, 0.15) is 0 Å². The van der Waals surface area contributed by atoms with Gasteiger partial charge in [-0.1, -0.05) is 30.3 Å². The molecule has 1 aliphatic heterocycles. The summed E-state index contributed by atoms with van der Waals surface area (Å²) in [4.78, 5) is 15.6. The van der Waals surface area contributed by atoms with Crippen LogP contribution in [0, 0.1) is 0 Å². The molecule has 1 aromatic rings. The van der Waals surface area contributed by atoms with E-state index in [0.717, 1.165) is 5.56 Å². The number of carbonyl (C=O) groups excluding carboxylic acids is 1. The molecule has 0 aliphatic carbocycles. The van der Waals surface area contributed by atoms with Gasteiger partial charge in [-0.05, 0) is 28.2 Å². The number of rotatable bonds is 3. The first-order valence-electron chi connectivity index (χ1n) is 7.10. The lowest BCUT2D eigenvalue weighted by atomic mass is 10.2. The van der Waals surface area contributed by atoms with Crippen LogP contribution in [0.3, 0.4) is 0 Å². The Morgan fingerprint density at radius 3 is 2.22 bits per heavy atom. The molecule has 0 saturated heterocycles. The maximum atomic E-state index is 11.2. The van der Waals surface area contributed by atoms with Crippen LogP contribution in [-0.4, -0.2) is 55.2 Å². The summed E-state index contributed by atoms with van der Waals surface area (Å²) in [5.41, 5.74) is 6.18. The first-order valence-corrected chi connectivity index (χ1v) is 8.70. The Labute approximate surface area is 136 Å². The molecule has 0 fully saturated rings. The van der Waals surface area contributed by atoms with Crippen LogP contribution >= 0.6 is 7.51 Å². The van der Waals surface area contributed by atoms with Gasteiger partial charge in [0, 0.05) is 12.5 Å². The van der Waals surface area contributed by atoms with E-state index in [-0.39, 0.29) is 5.91 Å². The van der Waals surface area contributed by atoms with Gasteiger partial charge in [-0.25, -0.2) is 9.34 Å². The van der Waals surface area contributed by atoms with Crippen molar-refractivity contribution in [3.05, 3.63) is 35.9 Å². The molecule has 0 aromatic heterocycles. The molecule has 1 heterocycles. The Balaban J connectivity index is 2.54. The number of carbonyl (C=O) groups is 1. The number of amidine groups is 1. The molecule has 0 saturated carbocycles. The smallest absolute Gasteiger partial charge is 0.246 e. The van der Waals surface area contributed by atoms with Crippen LogP contribution in [0.15, 0.2) is 44.8 Å². The molecule has 9 heteroatoms. The Bertz CT molecular complexity index is 682. The van der Waals surface area contributed by atoms with Crippen molar-refractivity contribution in [3.63, 3.8) is 0 Å². The molecule has 1 aliphatic rings. The molecule has 23 heavy (non-hydrogen) atoms. The van der Waals surface area contributed by atoms with Gasteiger partial charge in [0.15, 0.2) is 5.84 Å². The molecule has 0 atom stereocenters. The van der Waals surface area contributed by atoms with Gasteiger partial charge in [-0.15, -0.1) is 0 Å². The summed E-state index contributed by atoms with van der Waals surface area (Å²) in [5, 5.41) is 0. The summed E-state index contributed by atoms with van der Waals surface area (Å²) in [6.07, 6.45) is 0. The van der Waals surface area contributed by atoms with Crippen molar-refractivity contribution < 1.29 is 4.79 Å². The van der Waals surface area contributed by atoms with Crippen molar-refractivity contribution in [2.24, 2.45) is 14.5 Å². The molecule has 2 N–H and O–H groups in total. The van der Waals surface area contributed by atoms with Gasteiger partial charge in [0.25, 0.3) is 0 Å². The Morgan fingerprint density at radius 2 is 1.70 bits per heavy atom. The predicted molar refractivity (Wildman–Crippen MR) is 94.1 cm³/mol. The van der Waals surface area contributed by atoms with Crippen LogP contribution in [0.25, 0.3) is 0 Å². The summed E-state index contributed by atoms with van der Waals surface area (Å²) in [6.45, 7) is 1.42. The number of nitrogens with one attached hydrogen (secondary N) is 2. The molecule has 1 aromatic carbocycles. The lowest BCUT2D eigenvalue weighted by molar-refractivity contribution is -0.119. The Morgan fingerprint density at radius 1 is 1.09 bits per heavy atom. The molecular formula is C14H22N7OP. The number of hydrogen-bond donors (Lipinski definition) is 2. The number of nitrogens with zero attached hydrogens (tertiary/aromatic N) is 5. The van der Waals surface area contributed by atoms with E-state index in [9.17, 15) is 4.79 Å². The maximum absolute atomic E-state index is 11.2. The van der Waals surface area contributed by atoms with E-state index in [4.69, 9.17) is 4.76 Å². The molecule has 0 spiro atoms. The lowest BCUT2D eigenvalue weighted by Gasteiger charge is -2.34. The molecule has 0 radical (unpaired) electrons. The third-order valence-electron chi connectivity index (χ3n) is 3.13. The van der Waals surface area contributed by atoms with Crippen LogP contribution in [0.1, 0.15) is 12.5 Å². The second-order valence-corrected chi connectivity index (χ2v) is 8.44. The van der Waals surface area contributed by atoms with Crippen LogP contribution in [0.5, 0.6) is 0 Å². The molecule has 2 rings (SSSR count). The summed E-state index contributed by atoms with van der Waals surface area (Å²) < 4.78 is 13.5. The molecule has 8 nitrogen and oxygen atoms in total. The molecule has 0 unspecified atom stereocenters. The van der Waals surface area contributed by atoms with E-state index >= 15 is 0 Å². The number of guanidine groups is 1. The van der Waals surface area contributed by atoms with Gasteiger partial charge < -0.3 is 0 Å². The minimum absolute atomic E-state index is 0.217. The summed E-state index contributed by atoms with van der Waals surface area (Å²) in [5.74, 6) is 0.708. The molecular weight excluding hydrogens is 313 g/mol. The van der Waals surface area contributed by atoms with Gasteiger partial charge in [-0.3, -0.25) is 15.6 Å². The molecule has 1 amide bonds. The quantitative estimate of drug-likeness (QED) is 0.648. The zero-order chi connectivity index (χ0) is 17.0. The number of hydrazine groups is 1. The topological polar surface area (TPSA) is 84.7 Å². The highest BCUT2D eigenvalue weighted by atomic mass is 31.2. The van der Waals surface area contributed by atoms with Gasteiger partial charge in [0.05, 0.1) is 0 Å². The second-order valence-electron chi connectivity index (χ2n) is 5.36. The number of hydrogen-bond acceptors (Lipinski definition) is 7. The van der Waals surface area contributed by atoms with E-state index in [2.05, 4.69) is 20.6 Å². The highest BCUT2D eigenvalue weighted by Gasteiger charge is 2.30. The minimum Gasteiger partial charge on any atom is -0.274 e. The van der Waals surface area contributed by atoms with E-state index < -0.39 is 7.51 Å². The number of benzene rings is 1. The standard InChI is InChI=1S/C14H22N7OP/c1-11(22)16-17-14-15-13(12-9-7-6-8-10-12)18-23(19-14,20(2)3)21(4)5/h6-10H,1-5H3,(H,16,22)(H,15,17,18). The van der Waals surface area contributed by atoms with Gasteiger partial charge >= 0.3 is 0 Å². The van der Waals surface area contributed by atoms with Gasteiger partial charge in [0.2, 0.25) is 19.4 Å². The number of aliphatic imine (C=N–C) groups is 1. The monoisotopic (exact) mass is 335 g/mol. The van der Waals surface area contributed by atoms with Crippen LogP contribution in [0.4, 0.5) is 0 Å². The second kappa shape index (κ2) is 7.04. The average Bonchev–Trinajstić information content (AvgIpc) is 2.53. The lowest BCUT2D eigenvalue weighted by Crippen LogP contribution is -2.41. The van der Waals surface area contributed by atoms with Crippen molar-refractivity contribution in [2.75, 3.05) is 28.2 Å². The highest BCUT2D eigenvalue weighted by molar-refractivity contribution is 7.60. The highest BCUT2D eigenvalue weighted by Crippen LogP contribution is 2.56. The van der Waals surface area contributed by atoms with Crippen molar-refractivity contribution in [3.8, 4) is 0 Å². The summed E-state index contributed by atoms with van der Waals surface area (Å²) in [7, 11) is 5.40. The van der Waals surface area contributed by atoms with Crippen molar-refractivity contribution in [1.82, 2.24) is 20.2 Å². The first kappa shape index (κ1) is 17.3. The fourth-order valence-electron chi connectivity index (χ4n) is 2.04. The fourth-order valence-corrected chi connectivity index (χ4v) is 4.28. The van der Waals surface area contributed by atoms with Crippen molar-refractivity contribution >= 4 is 25.2 Å². The van der Waals surface area contributed by atoms with Crippen LogP contribution < -0.4 is 10.9 Å². The fraction of sp³-hybridized carbons (Fsp3) is 0.357. The maximum Gasteiger partial charge on any atom is 0.246 e. The minimum atomic E-state index is -2.34. The predicted octanol–water partition coefficient (Wildman–Crippen LogP) is 1.51. The van der Waals surface area contributed by atoms with E-state index in [0.29, 0.717) is 11.8 Å². The van der Waals surface area contributed by atoms with Crippen LogP contribution in [0.2, 0.25) is 0 Å². The zero-order valence-electron chi connectivity index (χ0n) is 14.0. The summed E-state index contributed by atoms with van der Waals surface area (Å²) in [6, 6.07) is 9.71. The Hall–Kier alpha value is -2.02. The van der Waals surface area contributed by atoms with E-state index in [1.54, 1.807) is 0 Å². The molecule has 0 bridgehead atoms. The van der Waals surface area contributed by atoms with E-state index in [1.165, 1.54) is 6.92 Å². The third-order valence-corrected chi connectivity index (χ3v) is 6.19.